The lowest BCUT2D eigenvalue weighted by atomic mass is 9.84. The molecule has 0 saturated carbocycles. The predicted octanol–water partition coefficient (Wildman–Crippen LogP) is 15.9. The van der Waals surface area contributed by atoms with Crippen LogP contribution >= 0.6 is 0 Å². The average Bonchev–Trinajstić information content (AvgIpc) is 3.71. The molecule has 0 aliphatic carbocycles. The van der Waals surface area contributed by atoms with E-state index in [-0.39, 0.29) is 0 Å². The quantitative estimate of drug-likeness (QED) is 0.133. The standard InChI is InChI=1S/C59H44N2/c1-39(26-27-43-17-9-8-16-40(43)2)41(3)51-22-12-13-23-53(51)54-38-55(49-33-30-44-18-10-11-19-47(44)36-49)56-37-48(34-35-52(56)42(54)4)45-28-31-46(32-29-45)59-60-57-24-14-15-25-58(57)61(59)50-20-6-5-7-21-50/h5-38H,1,3H2,2,4H3/b27-26-. The fourth-order valence-electron chi connectivity index (χ4n) is 8.71. The van der Waals surface area contributed by atoms with Crippen LogP contribution in [-0.4, -0.2) is 9.55 Å². The van der Waals surface area contributed by atoms with Crippen molar-refractivity contribution in [3.05, 3.63) is 241 Å². The van der Waals surface area contributed by atoms with Gasteiger partial charge in [0.25, 0.3) is 0 Å². The number of aryl methyl sites for hydroxylation is 2. The molecule has 9 aromatic carbocycles. The Bertz CT molecular complexity index is 3340. The number of nitrogens with zero attached hydrogens (tertiary/aromatic N) is 2. The summed E-state index contributed by atoms with van der Waals surface area (Å²) in [6.45, 7) is 13.5. The number of hydrogen-bond acceptors (Lipinski definition) is 1. The third kappa shape index (κ3) is 6.99. The number of imidazole rings is 1. The molecule has 0 spiro atoms. The van der Waals surface area contributed by atoms with E-state index < -0.39 is 0 Å². The van der Waals surface area contributed by atoms with Gasteiger partial charge in [0.05, 0.1) is 11.0 Å². The van der Waals surface area contributed by atoms with Crippen LogP contribution in [-0.2, 0) is 0 Å². The first-order valence-corrected chi connectivity index (χ1v) is 20.8. The maximum Gasteiger partial charge on any atom is 0.145 e. The highest BCUT2D eigenvalue weighted by atomic mass is 15.1. The third-order valence-corrected chi connectivity index (χ3v) is 12.1. The Labute approximate surface area is 357 Å². The zero-order valence-electron chi connectivity index (χ0n) is 34.4. The van der Waals surface area contributed by atoms with Gasteiger partial charge in [-0.25, -0.2) is 4.98 Å². The summed E-state index contributed by atoms with van der Waals surface area (Å²) in [5.74, 6) is 0.924. The van der Waals surface area contributed by atoms with Gasteiger partial charge in [-0.2, -0.15) is 0 Å². The van der Waals surface area contributed by atoms with Crippen LogP contribution in [0.2, 0.25) is 0 Å². The second-order valence-corrected chi connectivity index (χ2v) is 15.8. The maximum absolute atomic E-state index is 5.11. The molecular formula is C59H44N2. The summed E-state index contributed by atoms with van der Waals surface area (Å²) < 4.78 is 2.25. The van der Waals surface area contributed by atoms with Gasteiger partial charge in [-0.3, -0.25) is 4.57 Å². The van der Waals surface area contributed by atoms with Gasteiger partial charge in [0, 0.05) is 11.3 Å². The number of aromatic nitrogens is 2. The van der Waals surface area contributed by atoms with Gasteiger partial charge in [-0.1, -0.05) is 177 Å². The molecule has 290 valence electrons. The summed E-state index contributed by atoms with van der Waals surface area (Å²) in [5, 5.41) is 4.87. The number of hydrogen-bond donors (Lipinski definition) is 0. The molecule has 2 nitrogen and oxygen atoms in total. The lowest BCUT2D eigenvalue weighted by Gasteiger charge is -2.19. The molecule has 0 bridgehead atoms. The van der Waals surface area contributed by atoms with Gasteiger partial charge in [0.15, 0.2) is 0 Å². The van der Waals surface area contributed by atoms with Crippen LogP contribution in [0.15, 0.2) is 219 Å². The molecule has 0 amide bonds. The van der Waals surface area contributed by atoms with Crippen LogP contribution in [0.3, 0.4) is 0 Å². The van der Waals surface area contributed by atoms with Gasteiger partial charge in [0.1, 0.15) is 5.82 Å². The molecule has 0 saturated heterocycles. The molecule has 0 aliphatic heterocycles. The molecule has 0 atom stereocenters. The van der Waals surface area contributed by atoms with Crippen molar-refractivity contribution >= 4 is 44.2 Å². The number of allylic oxidation sites excluding steroid dienone is 3. The minimum atomic E-state index is 0.886. The number of rotatable bonds is 9. The lowest BCUT2D eigenvalue weighted by Crippen LogP contribution is -1.97. The monoisotopic (exact) mass is 780 g/mol. The maximum atomic E-state index is 5.11. The third-order valence-electron chi connectivity index (χ3n) is 12.1. The fourth-order valence-corrected chi connectivity index (χ4v) is 8.71. The zero-order chi connectivity index (χ0) is 41.5. The van der Waals surface area contributed by atoms with E-state index in [0.717, 1.165) is 61.5 Å². The molecule has 1 heterocycles. The van der Waals surface area contributed by atoms with Crippen LogP contribution in [0.25, 0.3) is 94.7 Å². The Balaban J connectivity index is 1.08. The second kappa shape index (κ2) is 15.7. The van der Waals surface area contributed by atoms with Crippen LogP contribution < -0.4 is 0 Å². The van der Waals surface area contributed by atoms with Crippen LogP contribution in [0.4, 0.5) is 0 Å². The Morgan fingerprint density at radius 2 is 1.18 bits per heavy atom. The summed E-state index contributed by atoms with van der Waals surface area (Å²) in [7, 11) is 0. The smallest absolute Gasteiger partial charge is 0.145 e. The van der Waals surface area contributed by atoms with E-state index in [4.69, 9.17) is 4.98 Å². The van der Waals surface area contributed by atoms with E-state index in [1.807, 2.05) is 6.07 Å². The first-order valence-electron chi connectivity index (χ1n) is 20.8. The van der Waals surface area contributed by atoms with Crippen molar-refractivity contribution in [2.24, 2.45) is 0 Å². The highest BCUT2D eigenvalue weighted by Crippen LogP contribution is 2.43. The number of para-hydroxylation sites is 3. The number of benzene rings is 9. The summed E-state index contributed by atoms with van der Waals surface area (Å²) in [4.78, 5) is 5.11. The summed E-state index contributed by atoms with van der Waals surface area (Å²) in [6.07, 6.45) is 4.22. The highest BCUT2D eigenvalue weighted by Gasteiger charge is 2.19. The zero-order valence-corrected chi connectivity index (χ0v) is 34.4. The van der Waals surface area contributed by atoms with Crippen molar-refractivity contribution < 1.29 is 0 Å². The summed E-state index contributed by atoms with van der Waals surface area (Å²) in [5.41, 5.74) is 17.7. The topological polar surface area (TPSA) is 17.8 Å². The Morgan fingerprint density at radius 3 is 2.02 bits per heavy atom. The van der Waals surface area contributed by atoms with Gasteiger partial charge < -0.3 is 0 Å². The molecule has 10 aromatic rings. The van der Waals surface area contributed by atoms with E-state index >= 15 is 0 Å². The van der Waals surface area contributed by atoms with Gasteiger partial charge in [-0.15, -0.1) is 0 Å². The molecular weight excluding hydrogens is 737 g/mol. The van der Waals surface area contributed by atoms with Crippen LogP contribution in [0.1, 0.15) is 22.3 Å². The SMILES string of the molecule is C=C(/C=C\c1ccccc1C)C(=C)c1ccccc1-c1cc(-c2ccc3ccccc3c2)c2cc(-c3ccc(-c4nc5ccccc5n4-c4ccccc4)cc3)ccc2c1C. The van der Waals surface area contributed by atoms with Crippen molar-refractivity contribution in [1.29, 1.82) is 0 Å². The minimum Gasteiger partial charge on any atom is -0.292 e. The molecule has 0 unspecified atom stereocenters. The van der Waals surface area contributed by atoms with Crippen molar-refractivity contribution in [3.8, 4) is 50.5 Å². The predicted molar refractivity (Wildman–Crippen MR) is 261 cm³/mol. The lowest BCUT2D eigenvalue weighted by molar-refractivity contribution is 1.10. The van der Waals surface area contributed by atoms with Crippen LogP contribution in [0, 0.1) is 13.8 Å². The Morgan fingerprint density at radius 1 is 0.508 bits per heavy atom. The van der Waals surface area contributed by atoms with E-state index in [0.29, 0.717) is 0 Å². The Kier molecular flexibility index (Phi) is 9.67. The highest BCUT2D eigenvalue weighted by molar-refractivity contribution is 6.06. The van der Waals surface area contributed by atoms with Gasteiger partial charge in [0.2, 0.25) is 0 Å². The molecule has 0 radical (unpaired) electrons. The molecule has 10 rings (SSSR count). The van der Waals surface area contributed by atoms with Crippen LogP contribution in [0.5, 0.6) is 0 Å². The summed E-state index contributed by atoms with van der Waals surface area (Å²) >= 11 is 0. The van der Waals surface area contributed by atoms with E-state index in [1.54, 1.807) is 0 Å². The normalized spacial score (nSPS) is 11.5. The molecule has 2 heteroatoms. The van der Waals surface area contributed by atoms with E-state index in [1.165, 1.54) is 54.9 Å². The average molecular weight is 781 g/mol. The first kappa shape index (κ1) is 37.5. The van der Waals surface area contributed by atoms with Gasteiger partial charge >= 0.3 is 0 Å². The van der Waals surface area contributed by atoms with Crippen molar-refractivity contribution in [2.45, 2.75) is 13.8 Å². The molecule has 0 N–H and O–H groups in total. The van der Waals surface area contributed by atoms with Crippen molar-refractivity contribution in [1.82, 2.24) is 9.55 Å². The largest absolute Gasteiger partial charge is 0.292 e. The van der Waals surface area contributed by atoms with Crippen molar-refractivity contribution in [3.63, 3.8) is 0 Å². The first-order chi connectivity index (χ1) is 29.9. The minimum absolute atomic E-state index is 0.886. The van der Waals surface area contributed by atoms with Gasteiger partial charge in [-0.05, 0) is 145 Å². The van der Waals surface area contributed by atoms with E-state index in [2.05, 4.69) is 232 Å². The molecule has 1 aromatic heterocycles. The number of fused-ring (bicyclic) bond motifs is 3. The molecule has 61 heavy (non-hydrogen) atoms. The van der Waals surface area contributed by atoms with E-state index in [9.17, 15) is 0 Å². The molecule has 0 aliphatic rings. The fraction of sp³-hybridized carbons (Fsp3) is 0.0339. The second-order valence-electron chi connectivity index (χ2n) is 15.8. The molecule has 0 fully saturated rings. The summed E-state index contributed by atoms with van der Waals surface area (Å²) in [6, 6.07) is 69.4. The van der Waals surface area contributed by atoms with Crippen molar-refractivity contribution in [2.75, 3.05) is 0 Å². The Hall–Kier alpha value is -7.81.